The number of hydrogen-bond acceptors (Lipinski definition) is 6. The molecule has 7 nitrogen and oxygen atoms in total. The van der Waals surface area contributed by atoms with Crippen molar-refractivity contribution in [1.29, 1.82) is 0 Å². The van der Waals surface area contributed by atoms with E-state index in [-0.39, 0.29) is 12.1 Å². The number of carbonyl (C=O) groups is 1. The maximum atomic E-state index is 12.6. The van der Waals surface area contributed by atoms with E-state index < -0.39 is 11.7 Å². The van der Waals surface area contributed by atoms with E-state index in [1.165, 1.54) is 23.0 Å². The van der Waals surface area contributed by atoms with Crippen LogP contribution < -0.4 is 16.0 Å². The van der Waals surface area contributed by atoms with E-state index >= 15 is 0 Å². The minimum atomic E-state index is -0.406. The molecule has 1 aromatic carbocycles. The molecule has 148 valence electrons. The summed E-state index contributed by atoms with van der Waals surface area (Å²) >= 11 is 1.46. The van der Waals surface area contributed by atoms with Crippen LogP contribution in [0, 0.1) is 0 Å². The first-order chi connectivity index (χ1) is 13.5. The first-order valence-electron chi connectivity index (χ1n) is 9.10. The number of carbonyl (C=O) groups excluding carboxylic acids is 1. The van der Waals surface area contributed by atoms with E-state index in [1.54, 1.807) is 24.3 Å². The van der Waals surface area contributed by atoms with Gasteiger partial charge in [0.2, 0.25) is 0 Å². The second-order valence-electron chi connectivity index (χ2n) is 6.31. The predicted octanol–water partition coefficient (Wildman–Crippen LogP) is 2.96. The molecule has 2 heterocycles. The van der Waals surface area contributed by atoms with Crippen LogP contribution in [0.4, 0.5) is 0 Å². The Kier molecular flexibility index (Phi) is 6.30. The van der Waals surface area contributed by atoms with E-state index in [0.717, 1.165) is 17.7 Å². The Morgan fingerprint density at radius 3 is 2.64 bits per heavy atom. The van der Waals surface area contributed by atoms with E-state index in [0.29, 0.717) is 34.6 Å². The molecule has 0 fully saturated rings. The summed E-state index contributed by atoms with van der Waals surface area (Å²) in [5.41, 5.74) is -0.218. The molecule has 0 unspecified atom stereocenters. The zero-order chi connectivity index (χ0) is 20.1. The lowest BCUT2D eigenvalue weighted by Crippen LogP contribution is -2.35. The quantitative estimate of drug-likeness (QED) is 0.462. The number of esters is 1. The van der Waals surface area contributed by atoms with Gasteiger partial charge in [0, 0.05) is 11.4 Å². The molecule has 0 radical (unpaired) electrons. The molecule has 2 aromatic heterocycles. The molecule has 1 N–H and O–H groups in total. The number of nitrogens with one attached hydrogen (secondary N) is 1. The first kappa shape index (κ1) is 19.9. The lowest BCUT2D eigenvalue weighted by atomic mass is 10.2. The van der Waals surface area contributed by atoms with Gasteiger partial charge >= 0.3 is 11.7 Å². The van der Waals surface area contributed by atoms with Gasteiger partial charge in [-0.05, 0) is 43.2 Å². The van der Waals surface area contributed by atoms with Gasteiger partial charge in [-0.15, -0.1) is 11.3 Å². The molecule has 28 heavy (non-hydrogen) atoms. The average molecular weight is 402 g/mol. The number of rotatable bonds is 8. The average Bonchev–Trinajstić information content (AvgIpc) is 3.10. The van der Waals surface area contributed by atoms with Crippen molar-refractivity contribution in [3.63, 3.8) is 0 Å². The number of benzene rings is 1. The highest BCUT2D eigenvalue weighted by atomic mass is 32.1. The van der Waals surface area contributed by atoms with Crippen molar-refractivity contribution in [1.82, 2.24) is 9.55 Å². The van der Waals surface area contributed by atoms with Crippen molar-refractivity contribution < 1.29 is 14.3 Å². The predicted molar refractivity (Wildman–Crippen MR) is 109 cm³/mol. The number of thiophene rings is 1. The number of methoxy groups -OCH3 is 1. The van der Waals surface area contributed by atoms with Crippen LogP contribution in [0.5, 0.6) is 5.75 Å². The standard InChI is InChI=1S/C20H22N2O5S/c1-3-5-15-12-16-17(28-15)21-20(25)22(18(16)23)10-4-11-27-14-8-6-13(7-9-14)19(24)26-2/h6-9,12H,3-5,10-11H2,1-2H3,(H,21,25). The van der Waals surface area contributed by atoms with Crippen LogP contribution in [-0.4, -0.2) is 29.2 Å². The van der Waals surface area contributed by atoms with E-state index in [9.17, 15) is 14.4 Å². The summed E-state index contributed by atoms with van der Waals surface area (Å²) in [5.74, 6) is 0.197. The third kappa shape index (κ3) is 4.33. The molecule has 3 rings (SSSR count). The highest BCUT2D eigenvalue weighted by molar-refractivity contribution is 7.18. The lowest BCUT2D eigenvalue weighted by Gasteiger charge is -2.08. The topological polar surface area (TPSA) is 90.4 Å². The van der Waals surface area contributed by atoms with Gasteiger partial charge in [-0.1, -0.05) is 13.3 Å². The number of aromatic nitrogens is 2. The number of nitrogens with zero attached hydrogens (tertiary/aromatic N) is 1. The Hall–Kier alpha value is -2.87. The van der Waals surface area contributed by atoms with Crippen LogP contribution in [0.3, 0.4) is 0 Å². The maximum absolute atomic E-state index is 12.6. The fourth-order valence-electron chi connectivity index (χ4n) is 2.89. The van der Waals surface area contributed by atoms with Crippen molar-refractivity contribution in [2.75, 3.05) is 13.7 Å². The second kappa shape index (κ2) is 8.88. The first-order valence-corrected chi connectivity index (χ1v) is 9.92. The smallest absolute Gasteiger partial charge is 0.337 e. The molecule has 3 aromatic rings. The van der Waals surface area contributed by atoms with Crippen LogP contribution in [0.2, 0.25) is 0 Å². The summed E-state index contributed by atoms with van der Waals surface area (Å²) in [5, 5.41) is 0.562. The van der Waals surface area contributed by atoms with Crippen molar-refractivity contribution in [3.8, 4) is 5.75 Å². The number of H-pyrrole nitrogens is 1. The molecule has 0 bridgehead atoms. The summed E-state index contributed by atoms with van der Waals surface area (Å²) in [6, 6.07) is 8.47. The fraction of sp³-hybridized carbons (Fsp3) is 0.350. The molecule has 0 saturated heterocycles. The van der Waals surface area contributed by atoms with Gasteiger partial charge in [0.25, 0.3) is 5.56 Å². The van der Waals surface area contributed by atoms with Crippen molar-refractivity contribution >= 4 is 27.5 Å². The number of hydrogen-bond donors (Lipinski definition) is 1. The lowest BCUT2D eigenvalue weighted by molar-refractivity contribution is 0.0600. The summed E-state index contributed by atoms with van der Waals surface area (Å²) in [6.07, 6.45) is 2.38. The van der Waals surface area contributed by atoms with Gasteiger partial charge in [0.15, 0.2) is 0 Å². The molecule has 0 spiro atoms. The Morgan fingerprint density at radius 1 is 1.21 bits per heavy atom. The Morgan fingerprint density at radius 2 is 1.96 bits per heavy atom. The normalized spacial score (nSPS) is 10.9. The Balaban J connectivity index is 1.63. The second-order valence-corrected chi connectivity index (χ2v) is 7.45. The Bertz CT molecular complexity index is 1080. The minimum absolute atomic E-state index is 0.264. The molecular formula is C20H22N2O5S. The highest BCUT2D eigenvalue weighted by Gasteiger charge is 2.11. The minimum Gasteiger partial charge on any atom is -0.494 e. The third-order valence-electron chi connectivity index (χ3n) is 4.29. The van der Waals surface area contributed by atoms with Crippen molar-refractivity contribution in [2.45, 2.75) is 32.7 Å². The van der Waals surface area contributed by atoms with Gasteiger partial charge in [-0.2, -0.15) is 0 Å². The monoisotopic (exact) mass is 402 g/mol. The SMILES string of the molecule is CCCc1cc2c(=O)n(CCCOc3ccc(C(=O)OC)cc3)c(=O)[nH]c2s1. The largest absolute Gasteiger partial charge is 0.494 e. The van der Waals surface area contributed by atoms with Crippen LogP contribution in [0.25, 0.3) is 10.2 Å². The number of aryl methyl sites for hydroxylation is 1. The van der Waals surface area contributed by atoms with Gasteiger partial charge in [-0.3, -0.25) is 14.3 Å². The maximum Gasteiger partial charge on any atom is 0.337 e. The molecule has 8 heteroatoms. The van der Waals surface area contributed by atoms with Crippen LogP contribution in [0.1, 0.15) is 35.0 Å². The van der Waals surface area contributed by atoms with E-state index in [1.807, 2.05) is 6.07 Å². The number of ether oxygens (including phenoxy) is 2. The molecular weight excluding hydrogens is 380 g/mol. The summed E-state index contributed by atoms with van der Waals surface area (Å²) in [6.45, 7) is 2.68. The number of aromatic amines is 1. The van der Waals surface area contributed by atoms with Gasteiger partial charge in [0.1, 0.15) is 10.6 Å². The molecule has 0 aliphatic rings. The zero-order valence-corrected chi connectivity index (χ0v) is 16.6. The van der Waals surface area contributed by atoms with Crippen molar-refractivity contribution in [2.24, 2.45) is 0 Å². The fourth-order valence-corrected chi connectivity index (χ4v) is 4.03. The highest BCUT2D eigenvalue weighted by Crippen LogP contribution is 2.21. The Labute approximate surface area is 165 Å². The van der Waals surface area contributed by atoms with Gasteiger partial charge < -0.3 is 9.47 Å². The van der Waals surface area contributed by atoms with Crippen molar-refractivity contribution in [3.05, 3.63) is 61.6 Å². The number of fused-ring (bicyclic) bond motifs is 1. The van der Waals surface area contributed by atoms with E-state index in [2.05, 4.69) is 16.6 Å². The van der Waals surface area contributed by atoms with Gasteiger partial charge in [-0.25, -0.2) is 9.59 Å². The van der Waals surface area contributed by atoms with Gasteiger partial charge in [0.05, 0.1) is 24.7 Å². The van der Waals surface area contributed by atoms with Crippen LogP contribution >= 0.6 is 11.3 Å². The summed E-state index contributed by atoms with van der Waals surface area (Å²) in [4.78, 5) is 40.8. The van der Waals surface area contributed by atoms with Crippen LogP contribution in [-0.2, 0) is 17.7 Å². The summed E-state index contributed by atoms with van der Waals surface area (Å²) in [7, 11) is 1.33. The third-order valence-corrected chi connectivity index (χ3v) is 5.40. The molecule has 0 aliphatic carbocycles. The molecule has 0 amide bonds. The van der Waals surface area contributed by atoms with E-state index in [4.69, 9.17) is 4.74 Å². The zero-order valence-electron chi connectivity index (χ0n) is 15.8. The molecule has 0 atom stereocenters. The summed E-state index contributed by atoms with van der Waals surface area (Å²) < 4.78 is 11.5. The molecule has 0 saturated carbocycles. The molecule has 0 aliphatic heterocycles. The van der Waals surface area contributed by atoms with Crippen LogP contribution in [0.15, 0.2) is 39.9 Å².